The first-order valence-corrected chi connectivity index (χ1v) is 8.28. The maximum absolute atomic E-state index is 12.8. The molecule has 0 aromatic heterocycles. The highest BCUT2D eigenvalue weighted by atomic mass is 35.5. The molecular weight excluding hydrogens is 388 g/mol. The van der Waals surface area contributed by atoms with Crippen LogP contribution in [0.2, 0.25) is 5.02 Å². The number of carbonyl (C=O) groups excluding carboxylic acids is 3. The van der Waals surface area contributed by atoms with Gasteiger partial charge in [-0.25, -0.2) is 14.5 Å². The topological polar surface area (TPSA) is 113 Å². The molecule has 0 saturated carbocycles. The molecule has 0 aliphatic carbocycles. The van der Waals surface area contributed by atoms with Gasteiger partial charge < -0.3 is 9.84 Å². The highest BCUT2D eigenvalue weighted by molar-refractivity contribution is 6.39. The van der Waals surface area contributed by atoms with Crippen molar-refractivity contribution in [3.63, 3.8) is 0 Å². The van der Waals surface area contributed by atoms with Gasteiger partial charge in [0, 0.05) is 10.6 Å². The van der Waals surface area contributed by atoms with Crippen LogP contribution < -0.4 is 15.0 Å². The maximum atomic E-state index is 12.8. The van der Waals surface area contributed by atoms with E-state index in [0.29, 0.717) is 16.3 Å². The van der Waals surface area contributed by atoms with Crippen LogP contribution in [0.5, 0.6) is 5.75 Å². The third kappa shape index (κ3) is 3.58. The summed E-state index contributed by atoms with van der Waals surface area (Å²) in [6, 6.07) is 8.83. The molecule has 1 saturated heterocycles. The molecule has 8 nitrogen and oxygen atoms in total. The molecule has 142 valence electrons. The van der Waals surface area contributed by atoms with Gasteiger partial charge in [0.15, 0.2) is 0 Å². The normalized spacial score (nSPS) is 15.6. The number of barbiturate groups is 1. The smallest absolute Gasteiger partial charge is 0.335 e. The summed E-state index contributed by atoms with van der Waals surface area (Å²) in [5, 5.41) is 11.4. The Hall–Kier alpha value is -3.65. The molecule has 0 bridgehead atoms. The van der Waals surface area contributed by atoms with E-state index in [1.165, 1.54) is 43.5 Å². The van der Waals surface area contributed by atoms with Crippen molar-refractivity contribution in [2.24, 2.45) is 0 Å². The summed E-state index contributed by atoms with van der Waals surface area (Å²) in [5.74, 6) is -2.49. The summed E-state index contributed by atoms with van der Waals surface area (Å²) in [5.41, 5.74) is 0.180. The van der Waals surface area contributed by atoms with Crippen LogP contribution in [0.4, 0.5) is 10.5 Å². The van der Waals surface area contributed by atoms with E-state index in [0.717, 1.165) is 4.90 Å². The summed E-state index contributed by atoms with van der Waals surface area (Å²) < 4.78 is 5.20. The number of nitrogens with one attached hydrogen (secondary N) is 1. The Bertz CT molecular complexity index is 1030. The number of halogens is 1. The summed E-state index contributed by atoms with van der Waals surface area (Å²) >= 11 is 5.97. The van der Waals surface area contributed by atoms with Crippen LogP contribution in [0, 0.1) is 0 Å². The van der Waals surface area contributed by atoms with Crippen molar-refractivity contribution in [2.45, 2.75) is 0 Å². The van der Waals surface area contributed by atoms with Gasteiger partial charge in [-0.15, -0.1) is 0 Å². The fourth-order valence-electron chi connectivity index (χ4n) is 2.62. The number of hydrogen-bond donors (Lipinski definition) is 2. The molecule has 1 aliphatic rings. The number of anilines is 1. The lowest BCUT2D eigenvalue weighted by molar-refractivity contribution is -0.122. The monoisotopic (exact) mass is 400 g/mol. The lowest BCUT2D eigenvalue weighted by Crippen LogP contribution is -2.54. The Labute approximate surface area is 164 Å². The number of ether oxygens (including phenoxy) is 1. The number of imide groups is 2. The number of amides is 4. The molecule has 0 atom stereocenters. The lowest BCUT2D eigenvalue weighted by atomic mass is 10.1. The molecule has 4 amide bonds. The molecule has 1 heterocycles. The second kappa shape index (κ2) is 7.53. The van der Waals surface area contributed by atoms with Crippen LogP contribution in [0.15, 0.2) is 48.0 Å². The number of carboxylic acids is 1. The van der Waals surface area contributed by atoms with Gasteiger partial charge in [-0.1, -0.05) is 11.6 Å². The standard InChI is InChI=1S/C19H13ClN2O6/c1-28-15-7-4-12(20)8-11(15)9-14-16(23)21-19(27)22(17(14)24)13-5-2-10(3-6-13)18(25)26/h2-9H,1H3,(H,25,26)(H,21,23,27). The number of benzene rings is 2. The zero-order valence-corrected chi connectivity index (χ0v) is 15.2. The highest BCUT2D eigenvalue weighted by Gasteiger charge is 2.37. The number of carboxylic acid groups (broad SMARTS) is 1. The summed E-state index contributed by atoms with van der Waals surface area (Å²) in [6.07, 6.45) is 1.27. The van der Waals surface area contributed by atoms with Gasteiger partial charge in [0.25, 0.3) is 11.8 Å². The Balaban J connectivity index is 2.03. The average Bonchev–Trinajstić information content (AvgIpc) is 2.65. The van der Waals surface area contributed by atoms with E-state index in [-0.39, 0.29) is 16.8 Å². The fourth-order valence-corrected chi connectivity index (χ4v) is 2.80. The third-order valence-electron chi connectivity index (χ3n) is 3.97. The van der Waals surface area contributed by atoms with E-state index in [9.17, 15) is 19.2 Å². The first-order chi connectivity index (χ1) is 13.3. The van der Waals surface area contributed by atoms with Crippen molar-refractivity contribution in [3.05, 3.63) is 64.2 Å². The van der Waals surface area contributed by atoms with Crippen LogP contribution in [0.25, 0.3) is 6.08 Å². The highest BCUT2D eigenvalue weighted by Crippen LogP contribution is 2.27. The SMILES string of the molecule is COc1ccc(Cl)cc1C=C1C(=O)NC(=O)N(c2ccc(C(=O)O)cc2)C1=O. The minimum absolute atomic E-state index is 0.0101. The Morgan fingerprint density at radius 3 is 2.43 bits per heavy atom. The van der Waals surface area contributed by atoms with Crippen molar-refractivity contribution in [2.75, 3.05) is 12.0 Å². The average molecular weight is 401 g/mol. The van der Waals surface area contributed by atoms with E-state index in [4.69, 9.17) is 21.4 Å². The molecule has 28 heavy (non-hydrogen) atoms. The summed E-state index contributed by atoms with van der Waals surface area (Å²) in [4.78, 5) is 49.0. The first-order valence-electron chi connectivity index (χ1n) is 7.90. The van der Waals surface area contributed by atoms with E-state index < -0.39 is 23.8 Å². The Morgan fingerprint density at radius 2 is 1.82 bits per heavy atom. The van der Waals surface area contributed by atoms with Gasteiger partial charge >= 0.3 is 12.0 Å². The van der Waals surface area contributed by atoms with Crippen LogP contribution >= 0.6 is 11.6 Å². The molecule has 0 radical (unpaired) electrons. The largest absolute Gasteiger partial charge is 0.496 e. The van der Waals surface area contributed by atoms with Crippen molar-refractivity contribution >= 4 is 47.2 Å². The number of aromatic carboxylic acids is 1. The van der Waals surface area contributed by atoms with Crippen molar-refractivity contribution in [1.29, 1.82) is 0 Å². The van der Waals surface area contributed by atoms with Crippen LogP contribution in [0.1, 0.15) is 15.9 Å². The van der Waals surface area contributed by atoms with Gasteiger partial charge in [-0.3, -0.25) is 14.9 Å². The predicted octanol–water partition coefficient (Wildman–Crippen LogP) is 2.71. The maximum Gasteiger partial charge on any atom is 0.335 e. The number of nitrogens with zero attached hydrogens (tertiary/aromatic N) is 1. The zero-order chi connectivity index (χ0) is 20.4. The minimum atomic E-state index is -1.15. The molecule has 0 unspecified atom stereocenters. The molecule has 1 fully saturated rings. The van der Waals surface area contributed by atoms with Crippen molar-refractivity contribution in [1.82, 2.24) is 5.32 Å². The quantitative estimate of drug-likeness (QED) is 0.602. The lowest BCUT2D eigenvalue weighted by Gasteiger charge is -2.26. The molecule has 0 spiro atoms. The molecule has 2 aromatic rings. The first kappa shape index (κ1) is 19.1. The van der Waals surface area contributed by atoms with Gasteiger partial charge in [-0.05, 0) is 48.5 Å². The number of hydrogen-bond acceptors (Lipinski definition) is 5. The molecule has 1 aliphatic heterocycles. The summed E-state index contributed by atoms with van der Waals surface area (Å²) in [7, 11) is 1.42. The molecule has 2 aromatic carbocycles. The Kier molecular flexibility index (Phi) is 5.14. The van der Waals surface area contributed by atoms with Crippen LogP contribution in [-0.2, 0) is 9.59 Å². The molecular formula is C19H13ClN2O6. The zero-order valence-electron chi connectivity index (χ0n) is 14.4. The van der Waals surface area contributed by atoms with Gasteiger partial charge in [-0.2, -0.15) is 0 Å². The number of rotatable bonds is 4. The molecule has 2 N–H and O–H groups in total. The van der Waals surface area contributed by atoms with E-state index in [1.807, 2.05) is 0 Å². The van der Waals surface area contributed by atoms with E-state index >= 15 is 0 Å². The van der Waals surface area contributed by atoms with Crippen molar-refractivity contribution in [3.8, 4) is 5.75 Å². The molecule has 3 rings (SSSR count). The van der Waals surface area contributed by atoms with Gasteiger partial charge in [0.1, 0.15) is 11.3 Å². The van der Waals surface area contributed by atoms with Gasteiger partial charge in [0.05, 0.1) is 18.4 Å². The number of urea groups is 1. The second-order valence-corrected chi connectivity index (χ2v) is 6.13. The third-order valence-corrected chi connectivity index (χ3v) is 4.20. The van der Waals surface area contributed by atoms with Gasteiger partial charge in [0.2, 0.25) is 0 Å². The van der Waals surface area contributed by atoms with E-state index in [1.54, 1.807) is 12.1 Å². The number of methoxy groups -OCH3 is 1. The van der Waals surface area contributed by atoms with Crippen LogP contribution in [0.3, 0.4) is 0 Å². The molecule has 9 heteroatoms. The second-order valence-electron chi connectivity index (χ2n) is 5.70. The van der Waals surface area contributed by atoms with Crippen molar-refractivity contribution < 1.29 is 29.0 Å². The van der Waals surface area contributed by atoms with Crippen LogP contribution in [-0.4, -0.2) is 36.0 Å². The summed E-state index contributed by atoms with van der Waals surface area (Å²) in [6.45, 7) is 0. The fraction of sp³-hybridized carbons (Fsp3) is 0.0526. The Morgan fingerprint density at radius 1 is 1.14 bits per heavy atom. The van der Waals surface area contributed by atoms with E-state index in [2.05, 4.69) is 5.32 Å². The number of carbonyl (C=O) groups is 4. The minimum Gasteiger partial charge on any atom is -0.496 e. The predicted molar refractivity (Wildman–Crippen MR) is 100 cm³/mol.